The largest absolute Gasteiger partial charge is 0.416 e. The summed E-state index contributed by atoms with van der Waals surface area (Å²) in [6.45, 7) is 12.1. The molecular formula is C27H35F3N4O3. The Morgan fingerprint density at radius 1 is 1.19 bits per heavy atom. The Hall–Kier alpha value is -3.30. The van der Waals surface area contributed by atoms with E-state index in [1.165, 1.54) is 34.1 Å². The van der Waals surface area contributed by atoms with Crippen LogP contribution in [0.2, 0.25) is 0 Å². The number of nitrogens with zero attached hydrogens (tertiary/aromatic N) is 2. The minimum absolute atomic E-state index is 0.0434. The second-order valence-corrected chi connectivity index (χ2v) is 10.3. The molecule has 0 saturated heterocycles. The van der Waals surface area contributed by atoms with E-state index in [2.05, 4.69) is 17.2 Å². The van der Waals surface area contributed by atoms with Gasteiger partial charge in [0.05, 0.1) is 29.4 Å². The zero-order valence-corrected chi connectivity index (χ0v) is 21.7. The predicted octanol–water partition coefficient (Wildman–Crippen LogP) is 4.63. The Labute approximate surface area is 215 Å². The molecule has 2 aliphatic heterocycles. The van der Waals surface area contributed by atoms with Crippen LogP contribution in [0.1, 0.15) is 57.7 Å². The van der Waals surface area contributed by atoms with Crippen LogP contribution in [-0.4, -0.2) is 53.3 Å². The van der Waals surface area contributed by atoms with E-state index in [1.807, 2.05) is 27.7 Å². The van der Waals surface area contributed by atoms with Gasteiger partial charge in [0, 0.05) is 13.1 Å². The fraction of sp³-hybridized carbons (Fsp3) is 0.519. The summed E-state index contributed by atoms with van der Waals surface area (Å²) in [6.07, 6.45) is -2.07. The lowest BCUT2D eigenvalue weighted by molar-refractivity contribution is -0.139. The highest BCUT2D eigenvalue weighted by Crippen LogP contribution is 2.42. The molecule has 0 aromatic heterocycles. The predicted molar refractivity (Wildman–Crippen MR) is 134 cm³/mol. The summed E-state index contributed by atoms with van der Waals surface area (Å²) in [6, 6.07) is 2.14. The maximum absolute atomic E-state index is 13.9. The van der Waals surface area contributed by atoms with Gasteiger partial charge in [0.1, 0.15) is 6.04 Å². The molecule has 0 unspecified atom stereocenters. The third-order valence-corrected chi connectivity index (χ3v) is 6.53. The number of hydrogen-bond acceptors (Lipinski definition) is 3. The number of rotatable bonds is 10. The summed E-state index contributed by atoms with van der Waals surface area (Å²) < 4.78 is 41.6. The highest BCUT2D eigenvalue weighted by atomic mass is 19.4. The monoisotopic (exact) mass is 520 g/mol. The van der Waals surface area contributed by atoms with Gasteiger partial charge >= 0.3 is 12.2 Å². The summed E-state index contributed by atoms with van der Waals surface area (Å²) in [5, 5.41) is 5.49. The molecular weight excluding hydrogens is 485 g/mol. The lowest BCUT2D eigenvalue weighted by atomic mass is 9.91. The molecule has 0 fully saturated rings. The maximum Gasteiger partial charge on any atom is 0.416 e. The molecule has 0 saturated carbocycles. The number of urea groups is 1. The Kier molecular flexibility index (Phi) is 8.71. The van der Waals surface area contributed by atoms with Gasteiger partial charge in [-0.15, -0.1) is 6.58 Å². The molecule has 0 bridgehead atoms. The van der Waals surface area contributed by atoms with Gasteiger partial charge in [-0.2, -0.15) is 13.2 Å². The van der Waals surface area contributed by atoms with Crippen molar-refractivity contribution in [2.45, 2.75) is 58.8 Å². The third kappa shape index (κ3) is 6.17. The molecule has 2 N–H and O–H groups in total. The molecule has 0 radical (unpaired) electrons. The first-order chi connectivity index (χ1) is 17.4. The second kappa shape index (κ2) is 11.4. The van der Waals surface area contributed by atoms with Crippen molar-refractivity contribution in [1.82, 2.24) is 20.4 Å². The third-order valence-electron chi connectivity index (χ3n) is 6.53. The molecule has 2 aliphatic rings. The second-order valence-electron chi connectivity index (χ2n) is 10.3. The Balaban J connectivity index is 2.04. The van der Waals surface area contributed by atoms with Gasteiger partial charge in [-0.3, -0.25) is 14.5 Å². The average Bonchev–Trinajstić information content (AvgIpc) is 3.15. The van der Waals surface area contributed by atoms with Crippen LogP contribution in [-0.2, 0) is 15.8 Å². The van der Waals surface area contributed by atoms with Crippen LogP contribution in [0.3, 0.4) is 0 Å². The van der Waals surface area contributed by atoms with E-state index in [-0.39, 0.29) is 36.1 Å². The lowest BCUT2D eigenvalue weighted by Crippen LogP contribution is -2.49. The number of alkyl halides is 3. The molecule has 4 amide bonds. The SMILES string of the molecule is C=CCN1C(=O)N[C@H](c2ccccc2C(F)(F)F)C2=C1CN([C@@H](CC(C)C)C(=O)NCCC(C)C)C2=O. The molecule has 37 heavy (non-hydrogen) atoms. The van der Waals surface area contributed by atoms with E-state index in [4.69, 9.17) is 0 Å². The van der Waals surface area contributed by atoms with Gasteiger partial charge in [0.25, 0.3) is 5.91 Å². The molecule has 0 spiro atoms. The summed E-state index contributed by atoms with van der Waals surface area (Å²) in [7, 11) is 0. The van der Waals surface area contributed by atoms with E-state index in [1.54, 1.807) is 0 Å². The molecule has 3 rings (SSSR count). The molecule has 2 heterocycles. The minimum atomic E-state index is -4.68. The minimum Gasteiger partial charge on any atom is -0.354 e. The van der Waals surface area contributed by atoms with E-state index in [0.717, 1.165) is 12.5 Å². The zero-order chi connectivity index (χ0) is 27.5. The number of carbonyl (C=O) groups is 3. The molecule has 1 aromatic rings. The van der Waals surface area contributed by atoms with E-state index in [0.29, 0.717) is 24.6 Å². The van der Waals surface area contributed by atoms with Gasteiger partial charge < -0.3 is 15.5 Å². The average molecular weight is 521 g/mol. The molecule has 10 heteroatoms. The summed E-state index contributed by atoms with van der Waals surface area (Å²) >= 11 is 0. The topological polar surface area (TPSA) is 81.8 Å². The van der Waals surface area contributed by atoms with Gasteiger partial charge in [-0.25, -0.2) is 4.79 Å². The quantitative estimate of drug-likeness (QED) is 0.442. The van der Waals surface area contributed by atoms with Crippen molar-refractivity contribution in [3.8, 4) is 0 Å². The summed E-state index contributed by atoms with van der Waals surface area (Å²) in [5.41, 5.74) is -0.812. The number of hydrogen-bond donors (Lipinski definition) is 2. The first kappa shape index (κ1) is 28.3. The Bertz CT molecular complexity index is 1080. The van der Waals surface area contributed by atoms with E-state index in [9.17, 15) is 27.6 Å². The van der Waals surface area contributed by atoms with Crippen LogP contribution < -0.4 is 10.6 Å². The molecule has 2 atom stereocenters. The van der Waals surface area contributed by atoms with Gasteiger partial charge in [-0.05, 0) is 36.3 Å². The van der Waals surface area contributed by atoms with Crippen LogP contribution in [0, 0.1) is 11.8 Å². The van der Waals surface area contributed by atoms with E-state index < -0.39 is 35.8 Å². The maximum atomic E-state index is 13.9. The van der Waals surface area contributed by atoms with Crippen LogP contribution >= 0.6 is 0 Å². The van der Waals surface area contributed by atoms with Crippen molar-refractivity contribution in [3.63, 3.8) is 0 Å². The lowest BCUT2D eigenvalue weighted by Gasteiger charge is -2.33. The molecule has 1 aromatic carbocycles. The number of carbonyl (C=O) groups excluding carboxylic acids is 3. The molecule has 0 aliphatic carbocycles. The fourth-order valence-electron chi connectivity index (χ4n) is 4.75. The van der Waals surface area contributed by atoms with E-state index >= 15 is 0 Å². The highest BCUT2D eigenvalue weighted by molar-refractivity contribution is 6.03. The number of amides is 4. The van der Waals surface area contributed by atoms with Gasteiger partial charge in [0.15, 0.2) is 0 Å². The van der Waals surface area contributed by atoms with Crippen LogP contribution in [0.15, 0.2) is 48.2 Å². The van der Waals surface area contributed by atoms with Crippen molar-refractivity contribution in [2.75, 3.05) is 19.6 Å². The standard InChI is InChI=1S/C27H35F3N4O3/c1-6-13-33-21-15-34(20(14-17(4)5)24(35)31-12-11-16(2)3)25(36)22(21)23(32-26(33)37)18-9-7-8-10-19(18)27(28,29)30/h6-10,16-17,20,23H,1,11-15H2,2-5H3,(H,31,35)(H,32,37)/t20-,23+/m0/s1. The summed E-state index contributed by atoms with van der Waals surface area (Å²) in [5.74, 6) is -0.428. The number of nitrogens with one attached hydrogen (secondary N) is 2. The van der Waals surface area contributed by atoms with Crippen molar-refractivity contribution in [2.24, 2.45) is 11.8 Å². The van der Waals surface area contributed by atoms with Crippen LogP contribution in [0.4, 0.5) is 18.0 Å². The summed E-state index contributed by atoms with van der Waals surface area (Å²) in [4.78, 5) is 42.8. The zero-order valence-electron chi connectivity index (χ0n) is 21.7. The van der Waals surface area contributed by atoms with Gasteiger partial charge in [-0.1, -0.05) is 52.0 Å². The normalized spacial score (nSPS) is 18.9. The number of benzene rings is 1. The number of halogens is 3. The fourth-order valence-corrected chi connectivity index (χ4v) is 4.75. The Morgan fingerprint density at radius 3 is 2.46 bits per heavy atom. The van der Waals surface area contributed by atoms with Crippen molar-refractivity contribution in [1.29, 1.82) is 0 Å². The smallest absolute Gasteiger partial charge is 0.354 e. The van der Waals surface area contributed by atoms with Crippen molar-refractivity contribution in [3.05, 3.63) is 59.3 Å². The molecule has 202 valence electrons. The molecule has 7 nitrogen and oxygen atoms in total. The van der Waals surface area contributed by atoms with Crippen LogP contribution in [0.25, 0.3) is 0 Å². The highest BCUT2D eigenvalue weighted by Gasteiger charge is 2.48. The first-order valence-corrected chi connectivity index (χ1v) is 12.5. The first-order valence-electron chi connectivity index (χ1n) is 12.5. The van der Waals surface area contributed by atoms with Gasteiger partial charge in [0.2, 0.25) is 5.91 Å². The van der Waals surface area contributed by atoms with Crippen molar-refractivity contribution >= 4 is 17.8 Å². The Morgan fingerprint density at radius 2 is 1.86 bits per heavy atom. The van der Waals surface area contributed by atoms with Crippen LogP contribution in [0.5, 0.6) is 0 Å². The van der Waals surface area contributed by atoms with Crippen molar-refractivity contribution < 1.29 is 27.6 Å².